The number of hydrogen-bond donors (Lipinski definition) is 2. The highest BCUT2D eigenvalue weighted by Gasteiger charge is 2.28. The molecule has 122 valence electrons. The maximum Gasteiger partial charge on any atom is 0.422 e. The molecule has 0 heterocycles. The van der Waals surface area contributed by atoms with E-state index < -0.39 is 18.7 Å². The summed E-state index contributed by atoms with van der Waals surface area (Å²) in [5.41, 5.74) is 1.28. The Morgan fingerprint density at radius 3 is 2.39 bits per heavy atom. The lowest BCUT2D eigenvalue weighted by Gasteiger charge is -2.10. The van der Waals surface area contributed by atoms with Gasteiger partial charge in [0.25, 0.3) is 5.91 Å². The van der Waals surface area contributed by atoms with Crippen LogP contribution in [0.15, 0.2) is 42.5 Å². The number of rotatable bonds is 4. The molecule has 4 nitrogen and oxygen atoms in total. The highest BCUT2D eigenvalue weighted by Crippen LogP contribution is 2.22. The van der Waals surface area contributed by atoms with Crippen LogP contribution in [0.2, 0.25) is 0 Å². The van der Waals surface area contributed by atoms with Gasteiger partial charge in [-0.1, -0.05) is 6.07 Å². The number of hydrogen-bond acceptors (Lipinski definition) is 3. The summed E-state index contributed by atoms with van der Waals surface area (Å²) in [6, 6.07) is 10.1. The summed E-state index contributed by atoms with van der Waals surface area (Å²) in [7, 11) is 0. The van der Waals surface area contributed by atoms with Gasteiger partial charge < -0.3 is 15.2 Å². The monoisotopic (exact) mass is 325 g/mol. The van der Waals surface area contributed by atoms with E-state index in [1.807, 2.05) is 0 Å². The van der Waals surface area contributed by atoms with Crippen LogP contribution < -0.4 is 10.1 Å². The summed E-state index contributed by atoms with van der Waals surface area (Å²) in [6.07, 6.45) is -4.41. The molecule has 23 heavy (non-hydrogen) atoms. The van der Waals surface area contributed by atoms with Crippen molar-refractivity contribution in [2.45, 2.75) is 13.1 Å². The number of benzene rings is 2. The van der Waals surface area contributed by atoms with Crippen LogP contribution in [0.25, 0.3) is 0 Å². The molecule has 0 saturated heterocycles. The molecule has 2 aromatic rings. The molecule has 7 heteroatoms. The number of halogens is 3. The number of alkyl halides is 3. The summed E-state index contributed by atoms with van der Waals surface area (Å²) in [4.78, 5) is 12.0. The third-order valence-electron chi connectivity index (χ3n) is 2.91. The summed E-state index contributed by atoms with van der Waals surface area (Å²) in [5.74, 6) is -0.627. The van der Waals surface area contributed by atoms with Crippen molar-refractivity contribution in [1.82, 2.24) is 0 Å². The average Bonchev–Trinajstić information content (AvgIpc) is 2.45. The molecule has 0 radical (unpaired) electrons. The van der Waals surface area contributed by atoms with Crippen LogP contribution in [0.5, 0.6) is 11.5 Å². The van der Waals surface area contributed by atoms with E-state index >= 15 is 0 Å². The smallest absolute Gasteiger partial charge is 0.422 e. The van der Waals surface area contributed by atoms with Crippen LogP contribution in [0.3, 0.4) is 0 Å². The predicted octanol–water partition coefficient (Wildman–Crippen LogP) is 3.89. The summed E-state index contributed by atoms with van der Waals surface area (Å²) >= 11 is 0. The molecular formula is C16H14F3NO3. The van der Waals surface area contributed by atoms with Crippen LogP contribution >= 0.6 is 0 Å². The predicted molar refractivity (Wildman–Crippen MR) is 78.8 cm³/mol. The second-order valence-corrected chi connectivity index (χ2v) is 4.90. The minimum atomic E-state index is -4.41. The molecule has 0 aromatic heterocycles. The Morgan fingerprint density at radius 2 is 1.83 bits per heavy atom. The number of anilines is 1. The van der Waals surface area contributed by atoms with Crippen LogP contribution in [0, 0.1) is 6.92 Å². The molecule has 0 aliphatic heterocycles. The van der Waals surface area contributed by atoms with Crippen molar-refractivity contribution < 1.29 is 27.8 Å². The lowest BCUT2D eigenvalue weighted by molar-refractivity contribution is -0.153. The molecule has 0 fully saturated rings. The Labute approximate surface area is 130 Å². The number of carbonyl (C=O) groups is 1. The van der Waals surface area contributed by atoms with E-state index in [1.165, 1.54) is 36.4 Å². The van der Waals surface area contributed by atoms with Crippen LogP contribution in [0.1, 0.15) is 15.9 Å². The first-order valence-corrected chi connectivity index (χ1v) is 6.65. The number of nitrogens with one attached hydrogen (secondary N) is 1. The van der Waals surface area contributed by atoms with E-state index in [4.69, 9.17) is 0 Å². The Bertz CT molecular complexity index is 697. The number of carbonyl (C=O) groups excluding carboxylic acids is 1. The number of phenolic OH excluding ortho intramolecular Hbond substituents is 1. The Balaban J connectivity index is 2.01. The third-order valence-corrected chi connectivity index (χ3v) is 2.91. The number of amides is 1. The van der Waals surface area contributed by atoms with Gasteiger partial charge in [-0.15, -0.1) is 0 Å². The van der Waals surface area contributed by atoms with Gasteiger partial charge in [0, 0.05) is 5.69 Å². The first-order valence-electron chi connectivity index (χ1n) is 6.65. The standard InChI is InChI=1S/C16H14F3NO3/c1-10-2-7-13(14(21)8-10)15(22)20-11-3-5-12(6-4-11)23-9-16(17,18)19/h2-8,21H,9H2,1H3,(H,20,22). The molecule has 2 rings (SSSR count). The molecule has 0 unspecified atom stereocenters. The third kappa shape index (κ3) is 4.91. The van der Waals surface area contributed by atoms with E-state index in [2.05, 4.69) is 10.1 Å². The van der Waals surface area contributed by atoms with Crippen LogP contribution in [-0.4, -0.2) is 23.8 Å². The van der Waals surface area contributed by atoms with Crippen molar-refractivity contribution in [2.24, 2.45) is 0 Å². The van der Waals surface area contributed by atoms with E-state index in [1.54, 1.807) is 13.0 Å². The van der Waals surface area contributed by atoms with Gasteiger partial charge in [-0.25, -0.2) is 0 Å². The lowest BCUT2D eigenvalue weighted by atomic mass is 10.1. The van der Waals surface area contributed by atoms with Gasteiger partial charge in [-0.3, -0.25) is 4.79 Å². The van der Waals surface area contributed by atoms with Crippen molar-refractivity contribution in [2.75, 3.05) is 11.9 Å². The molecule has 0 bridgehead atoms. The molecule has 0 aliphatic rings. The highest BCUT2D eigenvalue weighted by molar-refractivity contribution is 6.06. The fraction of sp³-hybridized carbons (Fsp3) is 0.188. The second kappa shape index (κ2) is 6.60. The second-order valence-electron chi connectivity index (χ2n) is 4.90. The molecule has 0 saturated carbocycles. The Morgan fingerprint density at radius 1 is 1.17 bits per heavy atom. The zero-order chi connectivity index (χ0) is 17.0. The Kier molecular flexibility index (Phi) is 4.78. The molecule has 2 N–H and O–H groups in total. The van der Waals surface area contributed by atoms with Gasteiger partial charge in [-0.05, 0) is 48.9 Å². The zero-order valence-corrected chi connectivity index (χ0v) is 12.1. The van der Waals surface area contributed by atoms with Crippen LogP contribution in [-0.2, 0) is 0 Å². The summed E-state index contributed by atoms with van der Waals surface area (Å²) < 4.78 is 40.7. The van der Waals surface area contributed by atoms with Crippen molar-refractivity contribution in [1.29, 1.82) is 0 Å². The van der Waals surface area contributed by atoms with Gasteiger partial charge >= 0.3 is 6.18 Å². The number of aromatic hydroxyl groups is 1. The van der Waals surface area contributed by atoms with Gasteiger partial charge in [-0.2, -0.15) is 13.2 Å². The van der Waals surface area contributed by atoms with Crippen molar-refractivity contribution in [3.05, 3.63) is 53.6 Å². The van der Waals surface area contributed by atoms with Crippen molar-refractivity contribution in [3.63, 3.8) is 0 Å². The number of phenols is 1. The largest absolute Gasteiger partial charge is 0.507 e. The SMILES string of the molecule is Cc1ccc(C(=O)Nc2ccc(OCC(F)(F)F)cc2)c(O)c1. The number of ether oxygens (including phenoxy) is 1. The molecular weight excluding hydrogens is 311 g/mol. The van der Waals surface area contributed by atoms with E-state index in [9.17, 15) is 23.1 Å². The first kappa shape index (κ1) is 16.7. The summed E-state index contributed by atoms with van der Waals surface area (Å²) in [5, 5.41) is 12.3. The molecule has 0 spiro atoms. The fourth-order valence-electron chi connectivity index (χ4n) is 1.83. The van der Waals surface area contributed by atoms with Crippen molar-refractivity contribution in [3.8, 4) is 11.5 Å². The van der Waals surface area contributed by atoms with Crippen LogP contribution in [0.4, 0.5) is 18.9 Å². The summed E-state index contributed by atoms with van der Waals surface area (Å²) in [6.45, 7) is 0.400. The minimum absolute atomic E-state index is 0.0403. The minimum Gasteiger partial charge on any atom is -0.507 e. The molecule has 0 aliphatic carbocycles. The highest BCUT2D eigenvalue weighted by atomic mass is 19.4. The maximum atomic E-state index is 12.0. The van der Waals surface area contributed by atoms with E-state index in [0.717, 1.165) is 5.56 Å². The van der Waals surface area contributed by atoms with Gasteiger partial charge in [0.2, 0.25) is 0 Å². The molecule has 0 atom stereocenters. The first-order chi connectivity index (χ1) is 10.7. The van der Waals surface area contributed by atoms with Crippen molar-refractivity contribution >= 4 is 11.6 Å². The van der Waals surface area contributed by atoms with Gasteiger partial charge in [0.05, 0.1) is 5.56 Å². The van der Waals surface area contributed by atoms with Gasteiger partial charge in [0.1, 0.15) is 11.5 Å². The zero-order valence-electron chi connectivity index (χ0n) is 12.1. The number of aryl methyl sites for hydroxylation is 1. The van der Waals surface area contributed by atoms with E-state index in [0.29, 0.717) is 5.69 Å². The Hall–Kier alpha value is -2.70. The maximum absolute atomic E-state index is 12.0. The van der Waals surface area contributed by atoms with E-state index in [-0.39, 0.29) is 17.1 Å². The fourth-order valence-corrected chi connectivity index (χ4v) is 1.83. The van der Waals surface area contributed by atoms with Gasteiger partial charge in [0.15, 0.2) is 6.61 Å². The normalized spacial score (nSPS) is 11.1. The quantitative estimate of drug-likeness (QED) is 0.896. The topological polar surface area (TPSA) is 58.6 Å². The molecule has 1 amide bonds. The molecule has 2 aromatic carbocycles. The lowest BCUT2D eigenvalue weighted by Crippen LogP contribution is -2.19. The average molecular weight is 325 g/mol.